The molecule has 0 saturated carbocycles. The van der Waals surface area contributed by atoms with Crippen LogP contribution < -0.4 is 15.1 Å². The minimum atomic E-state index is -0.269. The first-order chi connectivity index (χ1) is 14.4. The van der Waals surface area contributed by atoms with Crippen LogP contribution in [0.25, 0.3) is 22.6 Å². The molecule has 3 aromatic rings. The highest BCUT2D eigenvalue weighted by Gasteiger charge is 2.22. The summed E-state index contributed by atoms with van der Waals surface area (Å²) in [5, 5.41) is 4.89. The number of benzene rings is 2. The smallest absolute Gasteiger partial charge is 0.238 e. The molecule has 1 aromatic heterocycles. The normalized spacial score (nSPS) is 14.7. The number of piperidine rings is 1. The average molecular weight is 445 g/mol. The van der Waals surface area contributed by atoms with Crippen LogP contribution in [0.4, 0.5) is 11.4 Å². The molecule has 0 atom stereocenters. The maximum absolute atomic E-state index is 11.6. The molecule has 0 bridgehead atoms. The van der Waals surface area contributed by atoms with Crippen LogP contribution in [0.1, 0.15) is 19.8 Å². The van der Waals surface area contributed by atoms with Gasteiger partial charge in [-0.25, -0.2) is 4.42 Å². The molecule has 6 nitrogen and oxygen atoms in total. The quantitative estimate of drug-likeness (QED) is 0.566. The molecule has 2 N–H and O–H groups in total. The zero-order valence-corrected chi connectivity index (χ0v) is 18.0. The predicted molar refractivity (Wildman–Crippen MR) is 121 cm³/mol. The zero-order chi connectivity index (χ0) is 21.3. The summed E-state index contributed by atoms with van der Waals surface area (Å²) in [4.78, 5) is 13.8. The summed E-state index contributed by atoms with van der Waals surface area (Å²) >= 11 is 12.6. The van der Waals surface area contributed by atoms with Gasteiger partial charge in [0.15, 0.2) is 5.76 Å². The van der Waals surface area contributed by atoms with E-state index in [9.17, 15) is 4.79 Å². The number of rotatable bonds is 4. The Balaban J connectivity index is 1.69. The molecule has 1 aliphatic heterocycles. The van der Waals surface area contributed by atoms with Gasteiger partial charge in [-0.1, -0.05) is 35.0 Å². The SMILES string of the molecule is CC(=O)N(Cl)c1cccc(-c2cc(-c3c(Cl)cccc3N3CCC(N)CC3)no2)c1. The van der Waals surface area contributed by atoms with Gasteiger partial charge in [0.25, 0.3) is 0 Å². The van der Waals surface area contributed by atoms with Crippen molar-refractivity contribution in [3.8, 4) is 22.6 Å². The first kappa shape index (κ1) is 20.7. The summed E-state index contributed by atoms with van der Waals surface area (Å²) in [7, 11) is 0. The molecule has 1 aliphatic rings. The molecule has 1 amide bonds. The lowest BCUT2D eigenvalue weighted by atomic mass is 10.0. The zero-order valence-electron chi connectivity index (χ0n) is 16.5. The lowest BCUT2D eigenvalue weighted by molar-refractivity contribution is -0.115. The van der Waals surface area contributed by atoms with Crippen molar-refractivity contribution in [3.63, 3.8) is 0 Å². The van der Waals surface area contributed by atoms with Crippen LogP contribution in [0.15, 0.2) is 53.1 Å². The highest BCUT2D eigenvalue weighted by atomic mass is 35.5. The van der Waals surface area contributed by atoms with Crippen molar-refractivity contribution in [2.75, 3.05) is 22.4 Å². The van der Waals surface area contributed by atoms with Gasteiger partial charge in [-0.3, -0.25) is 4.79 Å². The molecule has 1 saturated heterocycles. The first-order valence-corrected chi connectivity index (χ1v) is 10.5. The van der Waals surface area contributed by atoms with Gasteiger partial charge < -0.3 is 15.2 Å². The van der Waals surface area contributed by atoms with E-state index in [0.717, 1.165) is 47.2 Å². The van der Waals surface area contributed by atoms with Gasteiger partial charge in [-0.15, -0.1) is 0 Å². The number of nitrogens with zero attached hydrogens (tertiary/aromatic N) is 3. The van der Waals surface area contributed by atoms with Crippen LogP contribution in [-0.2, 0) is 4.79 Å². The fourth-order valence-electron chi connectivity index (χ4n) is 3.66. The standard InChI is InChI=1S/C22H22Cl2N4O2/c1-14(29)28(24)17-5-2-4-15(12-17)21-13-19(26-30-21)22-18(23)6-3-7-20(22)27-10-8-16(25)9-11-27/h2-7,12-13,16H,8-11,25H2,1H3. The van der Waals surface area contributed by atoms with Gasteiger partial charge >= 0.3 is 0 Å². The van der Waals surface area contributed by atoms with E-state index >= 15 is 0 Å². The summed E-state index contributed by atoms with van der Waals surface area (Å²) in [6.45, 7) is 3.15. The Morgan fingerprint density at radius 1 is 1.20 bits per heavy atom. The highest BCUT2D eigenvalue weighted by molar-refractivity contribution is 6.36. The largest absolute Gasteiger partial charge is 0.371 e. The molecule has 2 heterocycles. The lowest BCUT2D eigenvalue weighted by Gasteiger charge is -2.33. The predicted octanol–water partition coefficient (Wildman–Crippen LogP) is 5.10. The Morgan fingerprint density at radius 2 is 1.93 bits per heavy atom. The molecular weight excluding hydrogens is 423 g/mol. The number of carbonyl (C=O) groups excluding carboxylic acids is 1. The summed E-state index contributed by atoms with van der Waals surface area (Å²) in [6, 6.07) is 15.1. The van der Waals surface area contributed by atoms with Crippen molar-refractivity contribution in [2.45, 2.75) is 25.8 Å². The third-order valence-electron chi connectivity index (χ3n) is 5.27. The number of anilines is 2. The van der Waals surface area contributed by atoms with Crippen LogP contribution >= 0.6 is 23.4 Å². The van der Waals surface area contributed by atoms with Crippen molar-refractivity contribution >= 4 is 40.7 Å². The Morgan fingerprint density at radius 3 is 2.67 bits per heavy atom. The third kappa shape index (κ3) is 4.17. The van der Waals surface area contributed by atoms with Gasteiger partial charge in [0.1, 0.15) is 5.69 Å². The molecule has 0 spiro atoms. The lowest BCUT2D eigenvalue weighted by Crippen LogP contribution is -2.39. The van der Waals surface area contributed by atoms with E-state index in [2.05, 4.69) is 10.1 Å². The summed E-state index contributed by atoms with van der Waals surface area (Å²) in [5.41, 5.74) is 9.89. The van der Waals surface area contributed by atoms with Crippen LogP contribution in [-0.4, -0.2) is 30.2 Å². The van der Waals surface area contributed by atoms with E-state index in [4.69, 9.17) is 33.6 Å². The van der Waals surface area contributed by atoms with Crippen molar-refractivity contribution in [2.24, 2.45) is 5.73 Å². The summed E-state index contributed by atoms with van der Waals surface area (Å²) in [5.74, 6) is 0.293. The maximum Gasteiger partial charge on any atom is 0.238 e. The molecule has 0 radical (unpaired) electrons. The minimum absolute atomic E-state index is 0.242. The Labute approximate surface area is 185 Å². The molecule has 4 rings (SSSR count). The van der Waals surface area contributed by atoms with Crippen molar-refractivity contribution in [1.29, 1.82) is 0 Å². The number of nitrogens with two attached hydrogens (primary N) is 1. The molecule has 0 unspecified atom stereocenters. The third-order valence-corrected chi connectivity index (χ3v) is 6.02. The fraction of sp³-hybridized carbons (Fsp3) is 0.273. The van der Waals surface area contributed by atoms with Crippen LogP contribution in [0.2, 0.25) is 5.02 Å². The van der Waals surface area contributed by atoms with E-state index in [1.165, 1.54) is 6.92 Å². The van der Waals surface area contributed by atoms with Gasteiger partial charge in [0, 0.05) is 60.7 Å². The fourth-order valence-corrected chi connectivity index (χ4v) is 4.03. The molecule has 156 valence electrons. The number of hydrogen-bond donors (Lipinski definition) is 1. The second kappa shape index (κ2) is 8.68. The monoisotopic (exact) mass is 444 g/mol. The van der Waals surface area contributed by atoms with Gasteiger partial charge in [-0.2, -0.15) is 0 Å². The van der Waals surface area contributed by atoms with E-state index in [1.54, 1.807) is 12.1 Å². The summed E-state index contributed by atoms with van der Waals surface area (Å²) in [6.07, 6.45) is 1.88. The van der Waals surface area contributed by atoms with E-state index in [0.29, 0.717) is 22.2 Å². The number of hydrogen-bond acceptors (Lipinski definition) is 5. The molecular formula is C22H22Cl2N4O2. The molecule has 1 fully saturated rings. The van der Waals surface area contributed by atoms with Gasteiger partial charge in [0.2, 0.25) is 5.91 Å². The van der Waals surface area contributed by atoms with Crippen LogP contribution in [0, 0.1) is 0 Å². The van der Waals surface area contributed by atoms with E-state index < -0.39 is 0 Å². The van der Waals surface area contributed by atoms with Crippen molar-refractivity contribution in [3.05, 3.63) is 53.6 Å². The van der Waals surface area contributed by atoms with E-state index in [-0.39, 0.29) is 11.9 Å². The first-order valence-electron chi connectivity index (χ1n) is 9.77. The second-order valence-electron chi connectivity index (χ2n) is 7.39. The average Bonchev–Trinajstić information content (AvgIpc) is 3.23. The minimum Gasteiger partial charge on any atom is -0.371 e. The molecule has 8 heteroatoms. The number of amides is 1. The summed E-state index contributed by atoms with van der Waals surface area (Å²) < 4.78 is 6.68. The Hall–Kier alpha value is -2.54. The Kier molecular flexibility index (Phi) is 5.99. The van der Waals surface area contributed by atoms with Crippen LogP contribution in [0.3, 0.4) is 0 Å². The maximum atomic E-state index is 11.6. The molecule has 30 heavy (non-hydrogen) atoms. The van der Waals surface area contributed by atoms with Crippen molar-refractivity contribution < 1.29 is 9.32 Å². The van der Waals surface area contributed by atoms with E-state index in [1.807, 2.05) is 36.4 Å². The topological polar surface area (TPSA) is 75.6 Å². The second-order valence-corrected chi connectivity index (χ2v) is 8.13. The van der Waals surface area contributed by atoms with Crippen molar-refractivity contribution in [1.82, 2.24) is 5.16 Å². The molecule has 0 aliphatic carbocycles. The number of halogens is 2. The number of carbonyl (C=O) groups is 1. The van der Waals surface area contributed by atoms with Crippen LogP contribution in [0.5, 0.6) is 0 Å². The number of aromatic nitrogens is 1. The molecule has 2 aromatic carbocycles. The van der Waals surface area contributed by atoms with Gasteiger partial charge in [-0.05, 0) is 37.1 Å². The Bertz CT molecular complexity index is 1060. The van der Waals surface area contributed by atoms with Gasteiger partial charge in [0.05, 0.1) is 10.7 Å². The highest BCUT2D eigenvalue weighted by Crippen LogP contribution is 2.39.